The van der Waals surface area contributed by atoms with Gasteiger partial charge in [-0.15, -0.1) is 0 Å². The summed E-state index contributed by atoms with van der Waals surface area (Å²) >= 11 is 0. The van der Waals surface area contributed by atoms with Crippen LogP contribution in [0.4, 0.5) is 5.69 Å². The number of nitrogens with one attached hydrogen (secondary N) is 1. The van der Waals surface area contributed by atoms with Gasteiger partial charge in [0.2, 0.25) is 0 Å². The van der Waals surface area contributed by atoms with Crippen molar-refractivity contribution in [3.8, 4) is 11.1 Å². The van der Waals surface area contributed by atoms with Gasteiger partial charge in [0, 0.05) is 35.2 Å². The fourth-order valence-electron chi connectivity index (χ4n) is 3.40. The van der Waals surface area contributed by atoms with Crippen LogP contribution in [0.1, 0.15) is 44.8 Å². The number of anilines is 1. The summed E-state index contributed by atoms with van der Waals surface area (Å²) in [6.45, 7) is 1.99. The molecule has 0 bridgehead atoms. The number of aromatic nitrogens is 1. The highest BCUT2D eigenvalue weighted by atomic mass is 16.5. The average molecular weight is 441 g/mol. The van der Waals surface area contributed by atoms with Crippen molar-refractivity contribution in [2.45, 2.75) is 19.6 Å². The molecule has 0 saturated carbocycles. The first-order chi connectivity index (χ1) is 16.0. The first-order valence-corrected chi connectivity index (χ1v) is 10.4. The molecule has 1 atom stereocenters. The Bertz CT molecular complexity index is 1250. The van der Waals surface area contributed by atoms with E-state index in [1.807, 2.05) is 19.1 Å². The number of esters is 1. The molecule has 4 aromatic rings. The highest BCUT2D eigenvalue weighted by molar-refractivity contribution is 6.05. The van der Waals surface area contributed by atoms with Crippen molar-refractivity contribution < 1.29 is 18.7 Å². The summed E-state index contributed by atoms with van der Waals surface area (Å²) in [5.41, 5.74) is 10.9. The third-order valence-corrected chi connectivity index (χ3v) is 5.10. The van der Waals surface area contributed by atoms with Gasteiger partial charge in [-0.05, 0) is 66.1 Å². The Morgan fingerprint density at radius 2 is 1.88 bits per heavy atom. The zero-order valence-corrected chi connectivity index (χ0v) is 18.0. The molecule has 2 aromatic heterocycles. The summed E-state index contributed by atoms with van der Waals surface area (Å²) in [5, 5.41) is 2.85. The number of nitrogens with two attached hydrogens (primary N) is 1. The van der Waals surface area contributed by atoms with E-state index in [1.165, 1.54) is 12.5 Å². The lowest BCUT2D eigenvalue weighted by Crippen LogP contribution is -2.13. The summed E-state index contributed by atoms with van der Waals surface area (Å²) in [7, 11) is 0. The minimum atomic E-state index is -0.452. The van der Waals surface area contributed by atoms with E-state index in [2.05, 4.69) is 10.3 Å². The molecule has 0 fully saturated rings. The fraction of sp³-hybridized carbons (Fsp3) is 0.115. The van der Waals surface area contributed by atoms with Gasteiger partial charge < -0.3 is 20.2 Å². The zero-order valence-electron chi connectivity index (χ0n) is 18.0. The van der Waals surface area contributed by atoms with Gasteiger partial charge in [0.25, 0.3) is 5.91 Å². The number of rotatable bonds is 7. The van der Waals surface area contributed by atoms with Crippen LogP contribution in [-0.4, -0.2) is 16.9 Å². The van der Waals surface area contributed by atoms with Crippen LogP contribution in [0.3, 0.4) is 0 Å². The van der Waals surface area contributed by atoms with Gasteiger partial charge in [0.05, 0.1) is 18.1 Å². The average Bonchev–Trinajstić information content (AvgIpc) is 3.36. The molecule has 0 radical (unpaired) electrons. The molecule has 1 amide bonds. The van der Waals surface area contributed by atoms with Crippen LogP contribution in [0.15, 0.2) is 90.0 Å². The molecule has 0 aliphatic heterocycles. The maximum Gasteiger partial charge on any atom is 0.338 e. The smallest absolute Gasteiger partial charge is 0.338 e. The first kappa shape index (κ1) is 22.0. The van der Waals surface area contributed by atoms with Crippen molar-refractivity contribution in [3.05, 3.63) is 108 Å². The van der Waals surface area contributed by atoms with Crippen molar-refractivity contribution in [3.63, 3.8) is 0 Å². The van der Waals surface area contributed by atoms with E-state index < -0.39 is 5.97 Å². The van der Waals surface area contributed by atoms with Crippen LogP contribution in [0.5, 0.6) is 0 Å². The molecule has 1 unspecified atom stereocenters. The van der Waals surface area contributed by atoms with Crippen LogP contribution < -0.4 is 11.1 Å². The zero-order chi connectivity index (χ0) is 23.2. The third kappa shape index (κ3) is 5.34. The van der Waals surface area contributed by atoms with Gasteiger partial charge in [-0.25, -0.2) is 4.79 Å². The highest BCUT2D eigenvalue weighted by Gasteiger charge is 2.16. The van der Waals surface area contributed by atoms with Crippen molar-refractivity contribution >= 4 is 17.6 Å². The number of benzene rings is 2. The molecule has 3 N–H and O–H groups in total. The Kier molecular flexibility index (Phi) is 6.61. The molecule has 0 aliphatic carbocycles. The normalized spacial score (nSPS) is 11.6. The number of pyridine rings is 1. The van der Waals surface area contributed by atoms with E-state index in [9.17, 15) is 9.59 Å². The number of amides is 1. The summed E-state index contributed by atoms with van der Waals surface area (Å²) < 4.78 is 10.4. The second-order valence-electron chi connectivity index (χ2n) is 7.57. The number of carbonyl (C=O) groups excluding carboxylic acids is 2. The van der Waals surface area contributed by atoms with Crippen molar-refractivity contribution in [2.24, 2.45) is 5.73 Å². The molecule has 0 aliphatic rings. The maximum absolute atomic E-state index is 12.8. The van der Waals surface area contributed by atoms with Crippen LogP contribution in [-0.2, 0) is 11.3 Å². The molecule has 0 spiro atoms. The predicted molar refractivity (Wildman–Crippen MR) is 124 cm³/mol. The standard InChI is InChI=1S/C26H23N3O4/c1-17(27)23-6-5-20(25(30)29-22-7-10-28-11-8-22)14-24(23)19-3-2-4-21(13-19)26(31)33-16-18-9-12-32-15-18/h2-15,17H,16,27H2,1H3,(H,28,29,30). The predicted octanol–water partition coefficient (Wildman–Crippen LogP) is 4.97. The second-order valence-corrected chi connectivity index (χ2v) is 7.57. The highest BCUT2D eigenvalue weighted by Crippen LogP contribution is 2.30. The second kappa shape index (κ2) is 9.93. The lowest BCUT2D eigenvalue weighted by Gasteiger charge is -2.16. The Morgan fingerprint density at radius 3 is 2.61 bits per heavy atom. The Balaban J connectivity index is 1.61. The quantitative estimate of drug-likeness (QED) is 0.392. The maximum atomic E-state index is 12.8. The van der Waals surface area contributed by atoms with Gasteiger partial charge in [-0.1, -0.05) is 18.2 Å². The molecule has 2 aromatic carbocycles. The molecule has 166 valence electrons. The number of carbonyl (C=O) groups is 2. The molecule has 7 nitrogen and oxygen atoms in total. The Labute approximate surface area is 191 Å². The summed E-state index contributed by atoms with van der Waals surface area (Å²) in [5.74, 6) is -0.707. The Morgan fingerprint density at radius 1 is 1.06 bits per heavy atom. The van der Waals surface area contributed by atoms with Crippen molar-refractivity contribution in [2.75, 3.05) is 5.32 Å². The lowest BCUT2D eigenvalue weighted by molar-refractivity contribution is 0.0472. The van der Waals surface area contributed by atoms with E-state index in [0.717, 1.165) is 22.3 Å². The monoisotopic (exact) mass is 441 g/mol. The molecule has 33 heavy (non-hydrogen) atoms. The van der Waals surface area contributed by atoms with Crippen LogP contribution in [0, 0.1) is 0 Å². The number of furan rings is 1. The summed E-state index contributed by atoms with van der Waals surface area (Å²) in [4.78, 5) is 29.3. The van der Waals surface area contributed by atoms with Gasteiger partial charge >= 0.3 is 5.97 Å². The molecule has 0 saturated heterocycles. The van der Waals surface area contributed by atoms with Crippen LogP contribution >= 0.6 is 0 Å². The van der Waals surface area contributed by atoms with Crippen LogP contribution in [0.25, 0.3) is 11.1 Å². The van der Waals surface area contributed by atoms with E-state index in [4.69, 9.17) is 14.9 Å². The van der Waals surface area contributed by atoms with Crippen molar-refractivity contribution in [1.29, 1.82) is 0 Å². The molecule has 7 heteroatoms. The molecular formula is C26H23N3O4. The van der Waals surface area contributed by atoms with Gasteiger partial charge in [-0.3, -0.25) is 9.78 Å². The van der Waals surface area contributed by atoms with Gasteiger partial charge in [0.15, 0.2) is 0 Å². The number of hydrogen-bond acceptors (Lipinski definition) is 6. The summed E-state index contributed by atoms with van der Waals surface area (Å²) in [6.07, 6.45) is 6.27. The van der Waals surface area contributed by atoms with Crippen LogP contribution in [0.2, 0.25) is 0 Å². The SMILES string of the molecule is CC(N)c1ccc(C(=O)Nc2ccncc2)cc1-c1cccc(C(=O)OCc2ccoc2)c1. The number of hydrogen-bond donors (Lipinski definition) is 2. The first-order valence-electron chi connectivity index (χ1n) is 10.4. The molecular weight excluding hydrogens is 418 g/mol. The number of nitrogens with zero attached hydrogens (tertiary/aromatic N) is 1. The van der Waals surface area contributed by atoms with E-state index in [0.29, 0.717) is 16.8 Å². The van der Waals surface area contributed by atoms with E-state index in [-0.39, 0.29) is 18.6 Å². The Hall–Kier alpha value is -4.23. The largest absolute Gasteiger partial charge is 0.472 e. The van der Waals surface area contributed by atoms with Gasteiger partial charge in [0.1, 0.15) is 6.61 Å². The molecule has 2 heterocycles. The van der Waals surface area contributed by atoms with Gasteiger partial charge in [-0.2, -0.15) is 0 Å². The van der Waals surface area contributed by atoms with E-state index in [1.54, 1.807) is 60.9 Å². The fourth-order valence-corrected chi connectivity index (χ4v) is 3.40. The minimum Gasteiger partial charge on any atom is -0.472 e. The third-order valence-electron chi connectivity index (χ3n) is 5.10. The summed E-state index contributed by atoms with van der Waals surface area (Å²) in [6, 6.07) is 17.3. The van der Waals surface area contributed by atoms with E-state index >= 15 is 0 Å². The number of ether oxygens (including phenoxy) is 1. The lowest BCUT2D eigenvalue weighted by atomic mass is 9.92. The van der Waals surface area contributed by atoms with Crippen molar-refractivity contribution in [1.82, 2.24) is 4.98 Å². The molecule has 4 rings (SSSR count). The minimum absolute atomic E-state index is 0.120. The topological polar surface area (TPSA) is 107 Å².